The normalized spacial score (nSPS) is 12.7. The Morgan fingerprint density at radius 3 is 1.58 bits per heavy atom. The minimum Gasteiger partial charge on any atom is -0.310 e. The Bertz CT molecular complexity index is 3150. The van der Waals surface area contributed by atoms with Crippen molar-refractivity contribution in [3.8, 4) is 50.2 Å². The highest BCUT2D eigenvalue weighted by molar-refractivity contribution is 6.10. The Kier molecular flexibility index (Phi) is 8.20. The Hall–Kier alpha value is -7.42. The van der Waals surface area contributed by atoms with E-state index in [2.05, 4.69) is 242 Å². The molecule has 0 N–H and O–H groups in total. The van der Waals surface area contributed by atoms with Crippen molar-refractivity contribution in [2.45, 2.75) is 19.3 Å². The fourth-order valence-electron chi connectivity index (χ4n) is 9.40. The van der Waals surface area contributed by atoms with E-state index in [9.17, 15) is 0 Å². The van der Waals surface area contributed by atoms with Gasteiger partial charge in [0, 0.05) is 38.9 Å². The Morgan fingerprint density at radius 1 is 0.339 bits per heavy atom. The number of rotatable bonds is 7. The van der Waals surface area contributed by atoms with Gasteiger partial charge in [0.15, 0.2) is 0 Å². The van der Waals surface area contributed by atoms with Gasteiger partial charge >= 0.3 is 0 Å². The predicted molar refractivity (Wildman–Crippen MR) is 249 cm³/mol. The van der Waals surface area contributed by atoms with Crippen LogP contribution >= 0.6 is 0 Å². The standard InChI is InChI=1S/C57H42N2/c1-57(2)53-22-11-9-20-49(53)50-35-33-48(38-54(50)57)58(45-29-24-41(25-30-45)39-14-5-3-6-15-39)46-31-26-42(27-32-46)44-28-34-52-51-21-10-12-23-55(51)59(56(52)37-44)47-19-13-18-43(36-47)40-16-7-4-8-17-40/h3-38H,1-2H3. The van der Waals surface area contributed by atoms with Crippen LogP contribution in [0.3, 0.4) is 0 Å². The zero-order valence-corrected chi connectivity index (χ0v) is 33.2. The minimum absolute atomic E-state index is 0.0986. The maximum Gasteiger partial charge on any atom is 0.0547 e. The van der Waals surface area contributed by atoms with E-state index < -0.39 is 0 Å². The first kappa shape index (κ1) is 34.8. The molecule has 0 bridgehead atoms. The van der Waals surface area contributed by atoms with E-state index in [4.69, 9.17) is 0 Å². The lowest BCUT2D eigenvalue weighted by Crippen LogP contribution is -2.16. The molecule has 0 amide bonds. The molecule has 0 atom stereocenters. The highest BCUT2D eigenvalue weighted by Gasteiger charge is 2.35. The van der Waals surface area contributed by atoms with Crippen LogP contribution in [0.4, 0.5) is 17.1 Å². The molecule has 0 saturated carbocycles. The van der Waals surface area contributed by atoms with Gasteiger partial charge in [-0.05, 0) is 116 Å². The third kappa shape index (κ3) is 5.87. The molecule has 1 aliphatic carbocycles. The van der Waals surface area contributed by atoms with Gasteiger partial charge in [-0.2, -0.15) is 0 Å². The number of fused-ring (bicyclic) bond motifs is 6. The smallest absolute Gasteiger partial charge is 0.0547 e. The lowest BCUT2D eigenvalue weighted by Gasteiger charge is -2.28. The molecule has 0 spiro atoms. The van der Waals surface area contributed by atoms with E-state index in [0.29, 0.717) is 0 Å². The van der Waals surface area contributed by atoms with Crippen molar-refractivity contribution in [1.82, 2.24) is 4.57 Å². The Labute approximate surface area is 345 Å². The fourth-order valence-corrected chi connectivity index (χ4v) is 9.40. The van der Waals surface area contributed by atoms with Gasteiger partial charge in [-0.15, -0.1) is 0 Å². The Morgan fingerprint density at radius 2 is 0.847 bits per heavy atom. The van der Waals surface area contributed by atoms with Gasteiger partial charge in [0.1, 0.15) is 0 Å². The number of anilines is 3. The molecule has 9 aromatic carbocycles. The monoisotopic (exact) mass is 754 g/mol. The number of nitrogens with zero attached hydrogens (tertiary/aromatic N) is 2. The summed E-state index contributed by atoms with van der Waals surface area (Å²) in [4.78, 5) is 2.40. The van der Waals surface area contributed by atoms with Crippen molar-refractivity contribution < 1.29 is 0 Å². The van der Waals surface area contributed by atoms with E-state index in [0.717, 1.165) is 22.7 Å². The topological polar surface area (TPSA) is 8.17 Å². The number of hydrogen-bond donors (Lipinski definition) is 0. The molecule has 10 aromatic rings. The molecule has 11 rings (SSSR count). The molecule has 59 heavy (non-hydrogen) atoms. The van der Waals surface area contributed by atoms with Crippen LogP contribution in [0.2, 0.25) is 0 Å². The van der Waals surface area contributed by atoms with E-state index in [1.807, 2.05) is 0 Å². The zero-order valence-electron chi connectivity index (χ0n) is 33.2. The Balaban J connectivity index is 1.01. The molecular formula is C57H42N2. The molecule has 2 nitrogen and oxygen atoms in total. The second kappa shape index (κ2) is 13.9. The SMILES string of the molecule is CC1(C)c2ccccc2-c2ccc(N(c3ccc(-c4ccccc4)cc3)c3ccc(-c4ccc5c6ccccc6n(-c6cccc(-c7ccccc7)c6)c5c4)cc3)cc21. The zero-order chi connectivity index (χ0) is 39.5. The van der Waals surface area contributed by atoms with Crippen LogP contribution in [-0.4, -0.2) is 4.57 Å². The van der Waals surface area contributed by atoms with Gasteiger partial charge in [-0.1, -0.05) is 172 Å². The summed E-state index contributed by atoms with van der Waals surface area (Å²) in [5, 5.41) is 2.50. The van der Waals surface area contributed by atoms with Gasteiger partial charge in [0.25, 0.3) is 0 Å². The molecule has 1 aliphatic rings. The average molecular weight is 755 g/mol. The van der Waals surface area contributed by atoms with Crippen LogP contribution < -0.4 is 4.90 Å². The molecule has 0 saturated heterocycles. The van der Waals surface area contributed by atoms with Crippen molar-refractivity contribution in [1.29, 1.82) is 0 Å². The molecule has 0 radical (unpaired) electrons. The molecule has 1 heterocycles. The van der Waals surface area contributed by atoms with Crippen LogP contribution in [0.25, 0.3) is 72.0 Å². The largest absolute Gasteiger partial charge is 0.310 e. The summed E-state index contributed by atoms with van der Waals surface area (Å²) in [6.45, 7) is 4.71. The molecule has 2 heteroatoms. The summed E-state index contributed by atoms with van der Waals surface area (Å²) in [6, 6.07) is 79.8. The second-order valence-electron chi connectivity index (χ2n) is 16.2. The average Bonchev–Trinajstić information content (AvgIpc) is 3.75. The van der Waals surface area contributed by atoms with Gasteiger partial charge in [-0.3, -0.25) is 0 Å². The highest BCUT2D eigenvalue weighted by atomic mass is 15.1. The van der Waals surface area contributed by atoms with Crippen LogP contribution in [-0.2, 0) is 5.41 Å². The molecule has 0 fully saturated rings. The molecule has 0 aliphatic heterocycles. The first-order chi connectivity index (χ1) is 29.0. The second-order valence-corrected chi connectivity index (χ2v) is 16.2. The minimum atomic E-state index is -0.0986. The number of para-hydroxylation sites is 1. The van der Waals surface area contributed by atoms with Gasteiger partial charge in [0.2, 0.25) is 0 Å². The summed E-state index contributed by atoms with van der Waals surface area (Å²) in [5.41, 5.74) is 19.4. The first-order valence-electron chi connectivity index (χ1n) is 20.5. The van der Waals surface area contributed by atoms with E-state index >= 15 is 0 Å². The number of hydrogen-bond acceptors (Lipinski definition) is 1. The van der Waals surface area contributed by atoms with Crippen molar-refractivity contribution in [3.05, 3.63) is 230 Å². The number of benzene rings is 9. The van der Waals surface area contributed by atoms with Gasteiger partial charge < -0.3 is 9.47 Å². The lowest BCUT2D eigenvalue weighted by molar-refractivity contribution is 0.660. The van der Waals surface area contributed by atoms with E-state index in [1.54, 1.807) is 0 Å². The summed E-state index contributed by atoms with van der Waals surface area (Å²) in [6.07, 6.45) is 0. The van der Waals surface area contributed by atoms with Crippen LogP contribution in [0.5, 0.6) is 0 Å². The van der Waals surface area contributed by atoms with Crippen molar-refractivity contribution >= 4 is 38.9 Å². The quantitative estimate of drug-likeness (QED) is 0.157. The summed E-state index contributed by atoms with van der Waals surface area (Å²) in [7, 11) is 0. The fraction of sp³-hybridized carbons (Fsp3) is 0.0526. The summed E-state index contributed by atoms with van der Waals surface area (Å²) in [5.74, 6) is 0. The van der Waals surface area contributed by atoms with Crippen molar-refractivity contribution in [3.63, 3.8) is 0 Å². The van der Waals surface area contributed by atoms with Crippen LogP contribution in [0, 0.1) is 0 Å². The van der Waals surface area contributed by atoms with Crippen molar-refractivity contribution in [2.75, 3.05) is 4.90 Å². The molecule has 0 unspecified atom stereocenters. The third-order valence-electron chi connectivity index (χ3n) is 12.4. The lowest BCUT2D eigenvalue weighted by atomic mass is 9.82. The summed E-state index contributed by atoms with van der Waals surface area (Å²) >= 11 is 0. The highest BCUT2D eigenvalue weighted by Crippen LogP contribution is 2.50. The third-order valence-corrected chi connectivity index (χ3v) is 12.4. The molecule has 1 aromatic heterocycles. The maximum atomic E-state index is 2.42. The van der Waals surface area contributed by atoms with Crippen molar-refractivity contribution in [2.24, 2.45) is 0 Å². The van der Waals surface area contributed by atoms with Crippen LogP contribution in [0.15, 0.2) is 218 Å². The van der Waals surface area contributed by atoms with Crippen LogP contribution in [0.1, 0.15) is 25.0 Å². The molecule has 280 valence electrons. The first-order valence-corrected chi connectivity index (χ1v) is 20.5. The molecular weight excluding hydrogens is 713 g/mol. The summed E-state index contributed by atoms with van der Waals surface area (Å²) < 4.78 is 2.42. The van der Waals surface area contributed by atoms with Gasteiger partial charge in [0.05, 0.1) is 11.0 Å². The maximum absolute atomic E-state index is 2.42. The van der Waals surface area contributed by atoms with E-state index in [-0.39, 0.29) is 5.41 Å². The predicted octanol–water partition coefficient (Wildman–Crippen LogP) is 15.6. The number of aromatic nitrogens is 1. The van der Waals surface area contributed by atoms with E-state index in [1.165, 1.54) is 77.4 Å². The van der Waals surface area contributed by atoms with Gasteiger partial charge in [-0.25, -0.2) is 0 Å².